The topological polar surface area (TPSA) is 71.8 Å². The van der Waals surface area contributed by atoms with Crippen molar-refractivity contribution >= 4 is 32.6 Å². The number of imidazole rings is 1. The molecule has 2 N–H and O–H groups in total. The van der Waals surface area contributed by atoms with Crippen LogP contribution in [0.5, 0.6) is 0 Å². The minimum absolute atomic E-state index is 0.00269. The molecule has 1 saturated carbocycles. The van der Waals surface area contributed by atoms with Gasteiger partial charge in [0.25, 0.3) is 5.91 Å². The standard InChI is InChI=1S/C22H20FN5OS/c23-14-8-9-18-20(12-14)30-22(27-18)26-17-6-3-5-16(17)25-21(29)15-4-1-2-7-19(15)28-11-10-24-13-28/h1-2,4,7-13,16-17H,3,5-6H2,(H,25,29)(H,26,27)/t16?,17-/m0/s1. The zero-order valence-electron chi connectivity index (χ0n) is 16.1. The average molecular weight is 422 g/mol. The third-order valence-electron chi connectivity index (χ3n) is 5.42. The van der Waals surface area contributed by atoms with E-state index in [1.54, 1.807) is 18.6 Å². The maximum absolute atomic E-state index is 13.5. The second kappa shape index (κ2) is 7.87. The Hall–Kier alpha value is -3.26. The van der Waals surface area contributed by atoms with Crippen molar-refractivity contribution in [1.82, 2.24) is 19.9 Å². The number of amides is 1. The molecule has 0 radical (unpaired) electrons. The van der Waals surface area contributed by atoms with Gasteiger partial charge < -0.3 is 15.2 Å². The molecule has 152 valence electrons. The number of nitrogens with zero attached hydrogens (tertiary/aromatic N) is 3. The lowest BCUT2D eigenvalue weighted by atomic mass is 10.1. The summed E-state index contributed by atoms with van der Waals surface area (Å²) >= 11 is 1.43. The van der Waals surface area contributed by atoms with Crippen LogP contribution in [0.3, 0.4) is 0 Å². The van der Waals surface area contributed by atoms with Gasteiger partial charge in [-0.25, -0.2) is 14.4 Å². The summed E-state index contributed by atoms with van der Waals surface area (Å²) in [4.78, 5) is 21.7. The molecule has 1 unspecified atom stereocenters. The number of hydrogen-bond donors (Lipinski definition) is 2. The summed E-state index contributed by atoms with van der Waals surface area (Å²) < 4.78 is 16.1. The van der Waals surface area contributed by atoms with Crippen LogP contribution in [-0.4, -0.2) is 32.5 Å². The first-order valence-corrected chi connectivity index (χ1v) is 10.7. The van der Waals surface area contributed by atoms with Gasteiger partial charge in [-0.3, -0.25) is 4.79 Å². The van der Waals surface area contributed by atoms with Gasteiger partial charge in [0, 0.05) is 24.5 Å². The number of carbonyl (C=O) groups excluding carboxylic acids is 1. The lowest BCUT2D eigenvalue weighted by molar-refractivity contribution is 0.0936. The fraction of sp³-hybridized carbons (Fsp3) is 0.227. The third kappa shape index (κ3) is 3.66. The molecule has 0 bridgehead atoms. The largest absolute Gasteiger partial charge is 0.357 e. The van der Waals surface area contributed by atoms with Crippen LogP contribution in [0, 0.1) is 5.82 Å². The molecule has 6 nitrogen and oxygen atoms in total. The normalized spacial score (nSPS) is 18.6. The number of aromatic nitrogens is 3. The molecule has 2 aromatic carbocycles. The summed E-state index contributed by atoms with van der Waals surface area (Å²) in [7, 11) is 0. The highest BCUT2D eigenvalue weighted by atomic mass is 32.1. The van der Waals surface area contributed by atoms with E-state index in [1.807, 2.05) is 35.0 Å². The van der Waals surface area contributed by atoms with Gasteiger partial charge in [0.15, 0.2) is 5.13 Å². The van der Waals surface area contributed by atoms with E-state index in [1.165, 1.54) is 23.5 Å². The Balaban J connectivity index is 1.33. The summed E-state index contributed by atoms with van der Waals surface area (Å²) in [6.45, 7) is 0. The van der Waals surface area contributed by atoms with E-state index in [9.17, 15) is 9.18 Å². The van der Waals surface area contributed by atoms with E-state index in [2.05, 4.69) is 20.6 Å². The first-order valence-electron chi connectivity index (χ1n) is 9.88. The van der Waals surface area contributed by atoms with Crippen LogP contribution in [-0.2, 0) is 0 Å². The molecular formula is C22H20FN5OS. The van der Waals surface area contributed by atoms with Crippen molar-refractivity contribution in [1.29, 1.82) is 0 Å². The van der Waals surface area contributed by atoms with Crippen molar-refractivity contribution in [3.8, 4) is 5.69 Å². The fourth-order valence-corrected chi connectivity index (χ4v) is 4.92. The van der Waals surface area contributed by atoms with Crippen molar-refractivity contribution in [3.05, 3.63) is 72.6 Å². The molecule has 5 rings (SSSR count). The minimum atomic E-state index is -0.264. The summed E-state index contributed by atoms with van der Waals surface area (Å²) in [6, 6.07) is 12.2. The minimum Gasteiger partial charge on any atom is -0.357 e. The number of para-hydroxylation sites is 1. The number of benzene rings is 2. The average Bonchev–Trinajstić information content (AvgIpc) is 3.49. The first kappa shape index (κ1) is 18.7. The van der Waals surface area contributed by atoms with Gasteiger partial charge in [0.2, 0.25) is 0 Å². The molecule has 1 amide bonds. The highest BCUT2D eigenvalue weighted by molar-refractivity contribution is 7.22. The van der Waals surface area contributed by atoms with Crippen LogP contribution in [0.4, 0.5) is 9.52 Å². The van der Waals surface area contributed by atoms with E-state index < -0.39 is 0 Å². The lowest BCUT2D eigenvalue weighted by Crippen LogP contribution is -2.43. The summed E-state index contributed by atoms with van der Waals surface area (Å²) in [6.07, 6.45) is 8.05. The number of hydrogen-bond acceptors (Lipinski definition) is 5. The van der Waals surface area contributed by atoms with E-state index >= 15 is 0 Å². The number of rotatable bonds is 5. The maximum atomic E-state index is 13.5. The molecule has 1 fully saturated rings. The highest BCUT2D eigenvalue weighted by Crippen LogP contribution is 2.30. The maximum Gasteiger partial charge on any atom is 0.253 e. The van der Waals surface area contributed by atoms with Gasteiger partial charge in [-0.15, -0.1) is 0 Å². The number of carbonyl (C=O) groups is 1. The number of nitrogens with one attached hydrogen (secondary N) is 2. The molecule has 4 aromatic rings. The summed E-state index contributed by atoms with van der Waals surface area (Å²) in [5, 5.41) is 7.40. The van der Waals surface area contributed by atoms with Crippen molar-refractivity contribution in [2.75, 3.05) is 5.32 Å². The molecule has 1 aliphatic rings. The van der Waals surface area contributed by atoms with Crippen molar-refractivity contribution in [2.24, 2.45) is 0 Å². The molecule has 8 heteroatoms. The van der Waals surface area contributed by atoms with Crippen molar-refractivity contribution < 1.29 is 9.18 Å². The van der Waals surface area contributed by atoms with Gasteiger partial charge in [0.05, 0.1) is 27.8 Å². The Labute approximate surface area is 176 Å². The Morgan fingerprint density at radius 1 is 1.17 bits per heavy atom. The molecule has 0 aliphatic heterocycles. The highest BCUT2D eigenvalue weighted by Gasteiger charge is 2.30. The Kier molecular flexibility index (Phi) is 4.92. The third-order valence-corrected chi connectivity index (χ3v) is 6.37. The van der Waals surface area contributed by atoms with E-state index in [0.717, 1.165) is 40.3 Å². The van der Waals surface area contributed by atoms with Gasteiger partial charge >= 0.3 is 0 Å². The number of thiazole rings is 1. The van der Waals surface area contributed by atoms with Gasteiger partial charge in [-0.2, -0.15) is 0 Å². The first-order chi connectivity index (χ1) is 14.7. The fourth-order valence-electron chi connectivity index (χ4n) is 3.96. The molecule has 0 saturated heterocycles. The Morgan fingerprint density at radius 2 is 2.03 bits per heavy atom. The second-order valence-electron chi connectivity index (χ2n) is 7.38. The number of fused-ring (bicyclic) bond motifs is 1. The van der Waals surface area contributed by atoms with Gasteiger partial charge in [0.1, 0.15) is 5.82 Å². The van der Waals surface area contributed by atoms with Crippen LogP contribution in [0.1, 0.15) is 29.6 Å². The molecule has 2 atom stereocenters. The predicted molar refractivity (Wildman–Crippen MR) is 116 cm³/mol. The number of halogens is 1. The van der Waals surface area contributed by atoms with Crippen LogP contribution >= 0.6 is 11.3 Å². The zero-order valence-corrected chi connectivity index (χ0v) is 16.9. The molecule has 30 heavy (non-hydrogen) atoms. The Morgan fingerprint density at radius 3 is 2.90 bits per heavy atom. The molecule has 2 aromatic heterocycles. The van der Waals surface area contributed by atoms with E-state index in [-0.39, 0.29) is 23.8 Å². The molecule has 1 aliphatic carbocycles. The quantitative estimate of drug-likeness (QED) is 0.502. The lowest BCUT2D eigenvalue weighted by Gasteiger charge is -2.22. The summed E-state index contributed by atoms with van der Waals surface area (Å²) in [5.41, 5.74) is 2.18. The van der Waals surface area contributed by atoms with Crippen molar-refractivity contribution in [3.63, 3.8) is 0 Å². The van der Waals surface area contributed by atoms with Gasteiger partial charge in [-0.1, -0.05) is 23.5 Å². The van der Waals surface area contributed by atoms with E-state index in [4.69, 9.17) is 0 Å². The van der Waals surface area contributed by atoms with Crippen molar-refractivity contribution in [2.45, 2.75) is 31.3 Å². The monoisotopic (exact) mass is 421 g/mol. The van der Waals surface area contributed by atoms with Crippen LogP contribution in [0.2, 0.25) is 0 Å². The number of anilines is 1. The molecule has 2 heterocycles. The van der Waals surface area contributed by atoms with Crippen LogP contribution in [0.15, 0.2) is 61.2 Å². The van der Waals surface area contributed by atoms with E-state index in [0.29, 0.717) is 5.56 Å². The summed E-state index contributed by atoms with van der Waals surface area (Å²) in [5.74, 6) is -0.371. The molecule has 0 spiro atoms. The van der Waals surface area contributed by atoms with Gasteiger partial charge in [-0.05, 0) is 49.6 Å². The SMILES string of the molecule is O=C(NC1CCC[C@@H]1Nc1nc2ccc(F)cc2s1)c1ccccc1-n1ccnc1. The van der Waals surface area contributed by atoms with Crippen LogP contribution in [0.25, 0.3) is 15.9 Å². The second-order valence-corrected chi connectivity index (χ2v) is 8.41. The smallest absolute Gasteiger partial charge is 0.253 e. The zero-order chi connectivity index (χ0) is 20.5. The predicted octanol–water partition coefficient (Wildman–Crippen LogP) is 4.38. The molecular weight excluding hydrogens is 401 g/mol. The Bertz CT molecular complexity index is 1190. The van der Waals surface area contributed by atoms with Crippen LogP contribution < -0.4 is 10.6 Å².